The Morgan fingerprint density at radius 3 is 2.68 bits per heavy atom. The molecule has 34 heavy (non-hydrogen) atoms. The third-order valence-electron chi connectivity index (χ3n) is 6.29. The summed E-state index contributed by atoms with van der Waals surface area (Å²) in [4.78, 5) is 39.0. The molecule has 174 valence electrons. The fourth-order valence-electron chi connectivity index (χ4n) is 4.50. The molecule has 1 aromatic heterocycles. The van der Waals surface area contributed by atoms with Crippen molar-refractivity contribution < 1.29 is 14.4 Å². The second-order valence-electron chi connectivity index (χ2n) is 8.71. The zero-order chi connectivity index (χ0) is 23.8. The number of benzene rings is 2. The summed E-state index contributed by atoms with van der Waals surface area (Å²) in [7, 11) is 0. The zero-order valence-corrected chi connectivity index (χ0v) is 19.6. The van der Waals surface area contributed by atoms with Crippen molar-refractivity contribution in [3.8, 4) is 11.4 Å². The molecule has 2 aromatic carbocycles. The summed E-state index contributed by atoms with van der Waals surface area (Å²) in [6.07, 6.45) is 4.18. The Morgan fingerprint density at radius 2 is 1.82 bits per heavy atom. The number of aromatic nitrogens is 3. The number of nitrogens with zero attached hydrogens (tertiary/aromatic N) is 4. The normalized spacial score (nSPS) is 15.2. The number of hydrogen-bond donors (Lipinski definition) is 1. The van der Waals surface area contributed by atoms with Crippen LogP contribution in [-0.4, -0.2) is 43.9 Å². The van der Waals surface area contributed by atoms with Gasteiger partial charge >= 0.3 is 0 Å². The van der Waals surface area contributed by atoms with E-state index < -0.39 is 0 Å². The lowest BCUT2D eigenvalue weighted by Gasteiger charge is -2.14. The average molecular weight is 478 g/mol. The highest BCUT2D eigenvalue weighted by Crippen LogP contribution is 2.31. The summed E-state index contributed by atoms with van der Waals surface area (Å²) in [5.41, 5.74) is 2.94. The standard InChI is InChI=1S/C25H24ClN5O3/c1-15-6-8-17-18(13-15)25(34)31(24(17)33)12-10-22(32)27-16-7-9-20(26)19(14-16)23-29-28-21-5-3-2-4-11-30(21)23/h6-9,13-14H,2-5,10-12H2,1H3,(H,27,32). The molecule has 1 N–H and O–H groups in total. The van der Waals surface area contributed by atoms with Crippen molar-refractivity contribution in [1.29, 1.82) is 0 Å². The minimum absolute atomic E-state index is 0.00929. The number of nitrogens with one attached hydrogen (secondary N) is 1. The second kappa shape index (κ2) is 9.02. The van der Waals surface area contributed by atoms with Crippen LogP contribution in [0.4, 0.5) is 5.69 Å². The van der Waals surface area contributed by atoms with Gasteiger partial charge in [0.2, 0.25) is 5.91 Å². The van der Waals surface area contributed by atoms with Crippen molar-refractivity contribution in [3.05, 3.63) is 63.9 Å². The molecule has 3 amide bonds. The number of carbonyl (C=O) groups is 3. The van der Waals surface area contributed by atoms with Gasteiger partial charge in [0.1, 0.15) is 5.82 Å². The highest BCUT2D eigenvalue weighted by molar-refractivity contribution is 6.33. The van der Waals surface area contributed by atoms with Gasteiger partial charge in [-0.25, -0.2) is 0 Å². The Bertz CT molecular complexity index is 1320. The SMILES string of the molecule is Cc1ccc2c(c1)C(=O)N(CCC(=O)Nc1ccc(Cl)c(-c3nnc4n3CCCCC4)c1)C2=O. The molecule has 8 nitrogen and oxygen atoms in total. The third-order valence-corrected chi connectivity index (χ3v) is 6.62. The number of amides is 3. The van der Waals surface area contributed by atoms with Crippen LogP contribution in [0.2, 0.25) is 5.02 Å². The first-order valence-electron chi connectivity index (χ1n) is 11.4. The van der Waals surface area contributed by atoms with Gasteiger partial charge in [-0.1, -0.05) is 29.7 Å². The van der Waals surface area contributed by atoms with E-state index in [2.05, 4.69) is 20.1 Å². The average Bonchev–Trinajstić information content (AvgIpc) is 3.20. The van der Waals surface area contributed by atoms with E-state index >= 15 is 0 Å². The number of imide groups is 1. The maximum absolute atomic E-state index is 12.6. The molecule has 0 saturated carbocycles. The molecule has 0 bridgehead atoms. The topological polar surface area (TPSA) is 97.2 Å². The van der Waals surface area contributed by atoms with Gasteiger partial charge in [0.05, 0.1) is 16.1 Å². The summed E-state index contributed by atoms with van der Waals surface area (Å²) < 4.78 is 2.10. The van der Waals surface area contributed by atoms with Crippen LogP contribution in [-0.2, 0) is 17.8 Å². The number of halogens is 1. The van der Waals surface area contributed by atoms with Gasteiger partial charge in [-0.2, -0.15) is 0 Å². The van der Waals surface area contributed by atoms with E-state index in [4.69, 9.17) is 11.6 Å². The second-order valence-corrected chi connectivity index (χ2v) is 9.11. The number of hydrogen-bond acceptors (Lipinski definition) is 5. The summed E-state index contributed by atoms with van der Waals surface area (Å²) >= 11 is 6.47. The monoisotopic (exact) mass is 477 g/mol. The molecule has 0 radical (unpaired) electrons. The van der Waals surface area contributed by atoms with E-state index in [0.717, 1.165) is 48.5 Å². The van der Waals surface area contributed by atoms with Crippen LogP contribution >= 0.6 is 11.6 Å². The molecule has 0 atom stereocenters. The Morgan fingerprint density at radius 1 is 1.00 bits per heavy atom. The molecular formula is C25H24ClN5O3. The lowest BCUT2D eigenvalue weighted by molar-refractivity contribution is -0.116. The van der Waals surface area contributed by atoms with Crippen LogP contribution in [0.1, 0.15) is 57.8 Å². The van der Waals surface area contributed by atoms with Crippen molar-refractivity contribution in [2.45, 2.75) is 45.6 Å². The lowest BCUT2D eigenvalue weighted by Crippen LogP contribution is -2.32. The van der Waals surface area contributed by atoms with Crippen LogP contribution in [0.15, 0.2) is 36.4 Å². The number of anilines is 1. The van der Waals surface area contributed by atoms with Crippen molar-refractivity contribution in [3.63, 3.8) is 0 Å². The Balaban J connectivity index is 1.28. The van der Waals surface area contributed by atoms with E-state index in [1.165, 1.54) is 0 Å². The summed E-state index contributed by atoms with van der Waals surface area (Å²) in [6.45, 7) is 2.71. The van der Waals surface area contributed by atoms with Gasteiger partial charge in [-0.05, 0) is 50.1 Å². The van der Waals surface area contributed by atoms with E-state index in [0.29, 0.717) is 33.2 Å². The van der Waals surface area contributed by atoms with Gasteiger partial charge in [-0.15, -0.1) is 10.2 Å². The lowest BCUT2D eigenvalue weighted by atomic mass is 10.1. The maximum atomic E-state index is 12.6. The minimum Gasteiger partial charge on any atom is -0.326 e. The van der Waals surface area contributed by atoms with Crippen LogP contribution in [0.25, 0.3) is 11.4 Å². The molecule has 0 saturated heterocycles. The smallest absolute Gasteiger partial charge is 0.261 e. The van der Waals surface area contributed by atoms with Gasteiger partial charge in [-0.3, -0.25) is 19.3 Å². The Labute approximate surface area is 201 Å². The fraction of sp³-hybridized carbons (Fsp3) is 0.320. The molecule has 0 spiro atoms. The molecule has 3 aromatic rings. The third kappa shape index (κ3) is 4.09. The summed E-state index contributed by atoms with van der Waals surface area (Å²) in [5, 5.41) is 12.1. The predicted octanol–water partition coefficient (Wildman–Crippen LogP) is 4.26. The Kier molecular flexibility index (Phi) is 5.91. The van der Waals surface area contributed by atoms with E-state index in [-0.39, 0.29) is 30.7 Å². The van der Waals surface area contributed by atoms with E-state index in [1.54, 1.807) is 36.4 Å². The molecule has 3 heterocycles. The number of aryl methyl sites for hydroxylation is 2. The van der Waals surface area contributed by atoms with Gasteiger partial charge in [0.15, 0.2) is 5.82 Å². The molecule has 0 unspecified atom stereocenters. The van der Waals surface area contributed by atoms with Crippen molar-refractivity contribution in [1.82, 2.24) is 19.7 Å². The highest BCUT2D eigenvalue weighted by Gasteiger charge is 2.35. The molecular weight excluding hydrogens is 454 g/mol. The zero-order valence-electron chi connectivity index (χ0n) is 18.8. The molecule has 9 heteroatoms. The molecule has 0 aliphatic carbocycles. The highest BCUT2D eigenvalue weighted by atomic mass is 35.5. The molecule has 2 aliphatic heterocycles. The minimum atomic E-state index is -0.367. The molecule has 5 rings (SSSR count). The van der Waals surface area contributed by atoms with Crippen LogP contribution in [0.3, 0.4) is 0 Å². The van der Waals surface area contributed by atoms with Crippen LogP contribution < -0.4 is 5.32 Å². The molecule has 2 aliphatic rings. The van der Waals surface area contributed by atoms with Gasteiger partial charge < -0.3 is 9.88 Å². The number of carbonyl (C=O) groups excluding carboxylic acids is 3. The fourth-order valence-corrected chi connectivity index (χ4v) is 4.71. The van der Waals surface area contributed by atoms with Crippen molar-refractivity contribution >= 4 is 35.0 Å². The maximum Gasteiger partial charge on any atom is 0.261 e. The predicted molar refractivity (Wildman–Crippen MR) is 128 cm³/mol. The summed E-state index contributed by atoms with van der Waals surface area (Å²) in [6, 6.07) is 10.4. The van der Waals surface area contributed by atoms with E-state index in [9.17, 15) is 14.4 Å². The van der Waals surface area contributed by atoms with Gasteiger partial charge in [0, 0.05) is 37.2 Å². The van der Waals surface area contributed by atoms with Crippen molar-refractivity contribution in [2.75, 3.05) is 11.9 Å². The van der Waals surface area contributed by atoms with E-state index in [1.807, 2.05) is 6.92 Å². The van der Waals surface area contributed by atoms with Crippen molar-refractivity contribution in [2.24, 2.45) is 0 Å². The number of rotatable bonds is 5. The molecule has 0 fully saturated rings. The largest absolute Gasteiger partial charge is 0.326 e. The van der Waals surface area contributed by atoms with Crippen LogP contribution in [0.5, 0.6) is 0 Å². The first-order valence-corrected chi connectivity index (χ1v) is 11.8. The van der Waals surface area contributed by atoms with Gasteiger partial charge in [0.25, 0.3) is 11.8 Å². The van der Waals surface area contributed by atoms with Crippen LogP contribution in [0, 0.1) is 6.92 Å². The first-order chi connectivity index (χ1) is 16.4. The quantitative estimate of drug-likeness (QED) is 0.554. The first kappa shape index (κ1) is 22.3. The number of fused-ring (bicyclic) bond motifs is 2. The summed E-state index contributed by atoms with van der Waals surface area (Å²) in [5.74, 6) is 0.612. The Hall–Kier alpha value is -3.52.